The second-order valence-corrected chi connectivity index (χ2v) is 5.91. The smallest absolute Gasteiger partial charge is 0.270 e. The first-order chi connectivity index (χ1) is 12.5. The van der Waals surface area contributed by atoms with Crippen LogP contribution in [-0.4, -0.2) is 15.9 Å². The van der Waals surface area contributed by atoms with Crippen molar-refractivity contribution in [2.24, 2.45) is 0 Å². The van der Waals surface area contributed by atoms with E-state index < -0.39 is 0 Å². The van der Waals surface area contributed by atoms with Crippen LogP contribution in [0.4, 0.5) is 16.0 Å². The summed E-state index contributed by atoms with van der Waals surface area (Å²) >= 11 is 0. The van der Waals surface area contributed by atoms with E-state index >= 15 is 0 Å². The molecule has 2 aromatic carbocycles. The highest BCUT2D eigenvalue weighted by Crippen LogP contribution is 2.20. The van der Waals surface area contributed by atoms with E-state index in [1.165, 1.54) is 18.3 Å². The molecule has 0 bridgehead atoms. The third-order valence-electron chi connectivity index (χ3n) is 4.14. The second kappa shape index (κ2) is 7.74. The molecule has 0 saturated heterocycles. The van der Waals surface area contributed by atoms with Gasteiger partial charge in [-0.2, -0.15) is 0 Å². The number of nitrogens with one attached hydrogen (secondary N) is 2. The molecule has 3 rings (SSSR count). The zero-order chi connectivity index (χ0) is 18.5. The lowest BCUT2D eigenvalue weighted by molar-refractivity contribution is 0.0945. The van der Waals surface area contributed by atoms with Crippen LogP contribution in [0.3, 0.4) is 0 Å². The molecular formula is C20H19FN4O. The molecule has 0 unspecified atom stereocenters. The highest BCUT2D eigenvalue weighted by Gasteiger charge is 2.11. The lowest BCUT2D eigenvalue weighted by atomic mass is 10.1. The van der Waals surface area contributed by atoms with Crippen LogP contribution in [0.25, 0.3) is 0 Å². The van der Waals surface area contributed by atoms with Crippen LogP contribution in [0.2, 0.25) is 0 Å². The molecule has 6 heteroatoms. The molecule has 0 radical (unpaired) electrons. The number of aryl methyl sites for hydroxylation is 1. The van der Waals surface area contributed by atoms with Crippen LogP contribution in [0.1, 0.15) is 27.2 Å². The number of amides is 1. The number of hydrogen-bond donors (Lipinski definition) is 2. The number of aromatic nitrogens is 2. The van der Waals surface area contributed by atoms with Crippen LogP contribution < -0.4 is 10.6 Å². The SMILES string of the molecule is Cc1cccc(Nc2nccc(C(=O)NCc3ccccc3F)n2)c1C. The van der Waals surface area contributed by atoms with E-state index in [1.54, 1.807) is 18.2 Å². The topological polar surface area (TPSA) is 66.9 Å². The van der Waals surface area contributed by atoms with Gasteiger partial charge < -0.3 is 10.6 Å². The Bertz CT molecular complexity index is 943. The minimum absolute atomic E-state index is 0.0925. The van der Waals surface area contributed by atoms with Gasteiger partial charge in [-0.15, -0.1) is 0 Å². The molecule has 5 nitrogen and oxygen atoms in total. The predicted molar refractivity (Wildman–Crippen MR) is 98.8 cm³/mol. The Labute approximate surface area is 151 Å². The van der Waals surface area contributed by atoms with Crippen molar-refractivity contribution in [2.45, 2.75) is 20.4 Å². The molecule has 132 valence electrons. The van der Waals surface area contributed by atoms with E-state index in [2.05, 4.69) is 20.6 Å². The molecule has 0 saturated carbocycles. The average Bonchev–Trinajstić information content (AvgIpc) is 2.65. The number of halogens is 1. The molecule has 0 atom stereocenters. The Hall–Kier alpha value is -3.28. The molecule has 1 amide bonds. The summed E-state index contributed by atoms with van der Waals surface area (Å²) < 4.78 is 13.6. The minimum Gasteiger partial charge on any atom is -0.347 e. The lowest BCUT2D eigenvalue weighted by Gasteiger charge is -2.11. The number of carbonyl (C=O) groups excluding carboxylic acids is 1. The zero-order valence-electron chi connectivity index (χ0n) is 14.6. The number of anilines is 2. The minimum atomic E-state index is -0.389. The van der Waals surface area contributed by atoms with Gasteiger partial charge in [0.05, 0.1) is 0 Å². The molecule has 2 N–H and O–H groups in total. The molecule has 1 aromatic heterocycles. The van der Waals surface area contributed by atoms with Crippen molar-refractivity contribution in [2.75, 3.05) is 5.32 Å². The van der Waals surface area contributed by atoms with Crippen LogP contribution in [0, 0.1) is 19.7 Å². The maximum absolute atomic E-state index is 13.6. The molecule has 3 aromatic rings. The van der Waals surface area contributed by atoms with Gasteiger partial charge >= 0.3 is 0 Å². The van der Waals surface area contributed by atoms with Crippen LogP contribution in [0.15, 0.2) is 54.7 Å². The molecule has 0 fully saturated rings. The first kappa shape index (κ1) is 17.5. The van der Waals surface area contributed by atoms with Gasteiger partial charge in [-0.05, 0) is 43.2 Å². The third-order valence-corrected chi connectivity index (χ3v) is 4.14. The Morgan fingerprint density at radius 3 is 2.69 bits per heavy atom. The standard InChI is InChI=1S/C20H19FN4O/c1-13-6-5-9-17(14(13)2)24-20-22-11-10-18(25-20)19(26)23-12-15-7-3-4-8-16(15)21/h3-11H,12H2,1-2H3,(H,23,26)(H,22,24,25). The third kappa shape index (κ3) is 4.03. The summed E-state index contributed by atoms with van der Waals surface area (Å²) in [6, 6.07) is 13.7. The number of carbonyl (C=O) groups is 1. The Kier molecular flexibility index (Phi) is 5.22. The van der Waals surface area contributed by atoms with Gasteiger partial charge in [0.25, 0.3) is 5.91 Å². The fourth-order valence-corrected chi connectivity index (χ4v) is 2.46. The van der Waals surface area contributed by atoms with Crippen molar-refractivity contribution in [3.8, 4) is 0 Å². The molecule has 0 spiro atoms. The fourth-order valence-electron chi connectivity index (χ4n) is 2.46. The van der Waals surface area contributed by atoms with Gasteiger partial charge in [0.1, 0.15) is 11.5 Å². The first-order valence-electron chi connectivity index (χ1n) is 8.22. The Morgan fingerprint density at radius 2 is 1.88 bits per heavy atom. The number of rotatable bonds is 5. The number of hydrogen-bond acceptors (Lipinski definition) is 4. The molecule has 1 heterocycles. The fraction of sp³-hybridized carbons (Fsp3) is 0.150. The zero-order valence-corrected chi connectivity index (χ0v) is 14.6. The monoisotopic (exact) mass is 350 g/mol. The summed E-state index contributed by atoms with van der Waals surface area (Å²) in [5.41, 5.74) is 3.75. The van der Waals surface area contributed by atoms with Gasteiger partial charge in [-0.3, -0.25) is 4.79 Å². The van der Waals surface area contributed by atoms with Gasteiger partial charge in [0.15, 0.2) is 0 Å². The van der Waals surface area contributed by atoms with Crippen molar-refractivity contribution in [1.82, 2.24) is 15.3 Å². The van der Waals surface area contributed by atoms with E-state index in [0.717, 1.165) is 16.8 Å². The predicted octanol–water partition coefficient (Wildman–Crippen LogP) is 3.91. The van der Waals surface area contributed by atoms with E-state index in [1.807, 2.05) is 32.0 Å². The van der Waals surface area contributed by atoms with Gasteiger partial charge in [0.2, 0.25) is 5.95 Å². The van der Waals surface area contributed by atoms with Crippen LogP contribution in [-0.2, 0) is 6.54 Å². The van der Waals surface area contributed by atoms with E-state index in [9.17, 15) is 9.18 Å². The highest BCUT2D eigenvalue weighted by atomic mass is 19.1. The molecule has 0 aliphatic heterocycles. The quantitative estimate of drug-likeness (QED) is 0.732. The largest absolute Gasteiger partial charge is 0.347 e. The van der Waals surface area contributed by atoms with Crippen molar-refractivity contribution >= 4 is 17.5 Å². The number of nitrogens with zero attached hydrogens (tertiary/aromatic N) is 2. The highest BCUT2D eigenvalue weighted by molar-refractivity contribution is 5.92. The van der Waals surface area contributed by atoms with Crippen molar-refractivity contribution in [3.05, 3.63) is 82.9 Å². The summed E-state index contributed by atoms with van der Waals surface area (Å²) in [4.78, 5) is 20.7. The maximum atomic E-state index is 13.6. The summed E-state index contributed by atoms with van der Waals surface area (Å²) in [5, 5.41) is 5.80. The first-order valence-corrected chi connectivity index (χ1v) is 8.22. The van der Waals surface area contributed by atoms with Crippen LogP contribution >= 0.6 is 0 Å². The van der Waals surface area contributed by atoms with Crippen LogP contribution in [0.5, 0.6) is 0 Å². The Balaban J connectivity index is 1.71. The summed E-state index contributed by atoms with van der Waals surface area (Å²) in [6.45, 7) is 4.12. The lowest BCUT2D eigenvalue weighted by Crippen LogP contribution is -2.24. The van der Waals surface area contributed by atoms with Crippen molar-refractivity contribution in [3.63, 3.8) is 0 Å². The van der Waals surface area contributed by atoms with Crippen molar-refractivity contribution in [1.29, 1.82) is 0 Å². The van der Waals surface area contributed by atoms with E-state index in [0.29, 0.717) is 11.5 Å². The normalized spacial score (nSPS) is 10.4. The molecule has 0 aliphatic rings. The molecular weight excluding hydrogens is 331 g/mol. The Morgan fingerprint density at radius 1 is 1.08 bits per heavy atom. The van der Waals surface area contributed by atoms with Crippen molar-refractivity contribution < 1.29 is 9.18 Å². The summed E-state index contributed by atoms with van der Waals surface area (Å²) in [7, 11) is 0. The second-order valence-electron chi connectivity index (χ2n) is 5.91. The maximum Gasteiger partial charge on any atom is 0.270 e. The molecule has 0 aliphatic carbocycles. The molecule has 26 heavy (non-hydrogen) atoms. The van der Waals surface area contributed by atoms with Gasteiger partial charge in [-0.25, -0.2) is 14.4 Å². The van der Waals surface area contributed by atoms with Gasteiger partial charge in [0, 0.05) is 24.0 Å². The summed E-state index contributed by atoms with van der Waals surface area (Å²) in [5.74, 6) is -0.412. The van der Waals surface area contributed by atoms with E-state index in [-0.39, 0.29) is 24.0 Å². The van der Waals surface area contributed by atoms with Gasteiger partial charge in [-0.1, -0.05) is 30.3 Å². The summed E-state index contributed by atoms with van der Waals surface area (Å²) in [6.07, 6.45) is 1.51. The average molecular weight is 350 g/mol. The van der Waals surface area contributed by atoms with E-state index in [4.69, 9.17) is 0 Å². The number of benzene rings is 2.